The third-order valence-corrected chi connectivity index (χ3v) is 2.37. The Morgan fingerprint density at radius 1 is 1.10 bits per heavy atom. The van der Waals surface area contributed by atoms with E-state index in [1.165, 1.54) is 6.92 Å². The van der Waals surface area contributed by atoms with Gasteiger partial charge in [-0.3, -0.25) is 9.59 Å². The highest BCUT2D eigenvalue weighted by molar-refractivity contribution is 6.04. The van der Waals surface area contributed by atoms with Crippen LogP contribution in [-0.2, 0) is 9.59 Å². The van der Waals surface area contributed by atoms with Crippen LogP contribution in [0.3, 0.4) is 0 Å². The minimum Gasteiger partial charge on any atom is -0.491 e. The summed E-state index contributed by atoms with van der Waals surface area (Å²) in [5, 5.41) is 2.70. The first-order chi connectivity index (χ1) is 9.77. The fourth-order valence-corrected chi connectivity index (χ4v) is 1.73. The van der Waals surface area contributed by atoms with Crippen LogP contribution in [0, 0.1) is 0 Å². The Hall–Kier alpha value is -2.04. The average Bonchev–Trinajstić information content (AvgIpc) is 2.30. The van der Waals surface area contributed by atoms with Crippen molar-refractivity contribution in [3.05, 3.63) is 18.2 Å². The summed E-state index contributed by atoms with van der Waals surface area (Å²) in [4.78, 5) is 22.8. The molecule has 21 heavy (non-hydrogen) atoms. The molecule has 0 aliphatic carbocycles. The molecule has 0 fully saturated rings. The summed E-state index contributed by atoms with van der Waals surface area (Å²) >= 11 is 0. The molecule has 5 heteroatoms. The van der Waals surface area contributed by atoms with E-state index in [4.69, 9.17) is 9.47 Å². The lowest BCUT2D eigenvalue weighted by molar-refractivity contribution is -0.124. The summed E-state index contributed by atoms with van der Waals surface area (Å²) in [6.45, 7) is 9.03. The zero-order valence-corrected chi connectivity index (χ0v) is 13.2. The molecule has 0 saturated heterocycles. The van der Waals surface area contributed by atoms with E-state index in [0.717, 1.165) is 0 Å². The van der Waals surface area contributed by atoms with Crippen molar-refractivity contribution in [3.63, 3.8) is 0 Å². The Labute approximate surface area is 125 Å². The van der Waals surface area contributed by atoms with Crippen molar-refractivity contribution < 1.29 is 19.1 Å². The van der Waals surface area contributed by atoms with Crippen LogP contribution in [0.1, 0.15) is 41.0 Å². The summed E-state index contributed by atoms with van der Waals surface area (Å²) in [7, 11) is 0. The van der Waals surface area contributed by atoms with Gasteiger partial charge < -0.3 is 14.8 Å². The standard InChI is InChI=1S/C16H23NO4/c1-10(2)20-13-6-7-15(21-11(3)4)14(9-13)17-16(19)8-12(5)18/h6-7,9-11H,8H2,1-5H3,(H,17,19). The summed E-state index contributed by atoms with van der Waals surface area (Å²) in [5.74, 6) is 0.642. The van der Waals surface area contributed by atoms with Crippen LogP contribution in [0.2, 0.25) is 0 Å². The molecule has 0 saturated carbocycles. The molecule has 116 valence electrons. The zero-order valence-electron chi connectivity index (χ0n) is 13.2. The molecule has 1 aromatic rings. The maximum Gasteiger partial charge on any atom is 0.231 e. The number of carbonyl (C=O) groups excluding carboxylic acids is 2. The van der Waals surface area contributed by atoms with Gasteiger partial charge in [-0.2, -0.15) is 0 Å². The smallest absolute Gasteiger partial charge is 0.231 e. The maximum atomic E-state index is 11.8. The molecule has 1 rings (SSSR count). The maximum absolute atomic E-state index is 11.8. The highest BCUT2D eigenvalue weighted by Gasteiger charge is 2.13. The molecule has 5 nitrogen and oxygen atoms in total. The fourth-order valence-electron chi connectivity index (χ4n) is 1.73. The second-order valence-corrected chi connectivity index (χ2v) is 5.42. The monoisotopic (exact) mass is 293 g/mol. The van der Waals surface area contributed by atoms with E-state index < -0.39 is 0 Å². The van der Waals surface area contributed by atoms with Crippen LogP contribution in [0.5, 0.6) is 11.5 Å². The number of anilines is 1. The molecule has 0 aliphatic heterocycles. The van der Waals surface area contributed by atoms with E-state index in [2.05, 4.69) is 5.32 Å². The van der Waals surface area contributed by atoms with E-state index in [1.54, 1.807) is 18.2 Å². The van der Waals surface area contributed by atoms with Crippen molar-refractivity contribution in [3.8, 4) is 11.5 Å². The van der Waals surface area contributed by atoms with Crippen LogP contribution >= 0.6 is 0 Å². The zero-order chi connectivity index (χ0) is 16.0. The van der Waals surface area contributed by atoms with Gasteiger partial charge in [0.15, 0.2) is 0 Å². The van der Waals surface area contributed by atoms with Gasteiger partial charge in [-0.1, -0.05) is 0 Å². The predicted molar refractivity (Wildman–Crippen MR) is 81.9 cm³/mol. The van der Waals surface area contributed by atoms with Crippen LogP contribution < -0.4 is 14.8 Å². The second kappa shape index (κ2) is 7.67. The molecule has 0 aliphatic rings. The SMILES string of the molecule is CC(=O)CC(=O)Nc1cc(OC(C)C)ccc1OC(C)C. The van der Waals surface area contributed by atoms with Gasteiger partial charge in [0.25, 0.3) is 0 Å². The van der Waals surface area contributed by atoms with Crippen molar-refractivity contribution in [1.82, 2.24) is 0 Å². The largest absolute Gasteiger partial charge is 0.491 e. The first-order valence-corrected chi connectivity index (χ1v) is 7.04. The topological polar surface area (TPSA) is 64.6 Å². The molecule has 1 amide bonds. The molecule has 0 unspecified atom stereocenters. The third kappa shape index (κ3) is 6.29. The molecule has 1 aromatic carbocycles. The first kappa shape index (κ1) is 17.0. The molecular formula is C16H23NO4. The van der Waals surface area contributed by atoms with Gasteiger partial charge in [0.05, 0.1) is 24.3 Å². The lowest BCUT2D eigenvalue weighted by atomic mass is 10.2. The van der Waals surface area contributed by atoms with Gasteiger partial charge in [0.2, 0.25) is 5.91 Å². The van der Waals surface area contributed by atoms with Gasteiger partial charge in [-0.25, -0.2) is 0 Å². The Bertz CT molecular complexity index is 509. The lowest BCUT2D eigenvalue weighted by Crippen LogP contribution is -2.17. The number of ketones is 1. The van der Waals surface area contributed by atoms with Crippen molar-refractivity contribution in [2.75, 3.05) is 5.32 Å². The normalized spacial score (nSPS) is 10.6. The number of hydrogen-bond acceptors (Lipinski definition) is 4. The van der Waals surface area contributed by atoms with Gasteiger partial charge >= 0.3 is 0 Å². The number of ether oxygens (including phenoxy) is 2. The van der Waals surface area contributed by atoms with Crippen molar-refractivity contribution in [1.29, 1.82) is 0 Å². The number of rotatable bonds is 7. The summed E-state index contributed by atoms with van der Waals surface area (Å²) < 4.78 is 11.3. The van der Waals surface area contributed by atoms with Gasteiger partial charge in [-0.05, 0) is 46.8 Å². The van der Waals surface area contributed by atoms with Crippen LogP contribution in [0.4, 0.5) is 5.69 Å². The van der Waals surface area contributed by atoms with E-state index in [-0.39, 0.29) is 30.3 Å². The summed E-state index contributed by atoms with van der Waals surface area (Å²) in [6.07, 6.45) is -0.149. The van der Waals surface area contributed by atoms with Crippen molar-refractivity contribution in [2.45, 2.75) is 53.2 Å². The van der Waals surface area contributed by atoms with Crippen molar-refractivity contribution >= 4 is 17.4 Å². The van der Waals surface area contributed by atoms with E-state index in [0.29, 0.717) is 17.2 Å². The fraction of sp³-hybridized carbons (Fsp3) is 0.500. The van der Waals surface area contributed by atoms with Crippen molar-refractivity contribution in [2.24, 2.45) is 0 Å². The molecule has 1 N–H and O–H groups in total. The summed E-state index contributed by atoms with van der Waals surface area (Å²) in [5.41, 5.74) is 0.507. The number of Topliss-reactive ketones (excluding diaryl/α,β-unsaturated/α-hetero) is 1. The molecule has 0 aromatic heterocycles. The molecule has 0 radical (unpaired) electrons. The van der Waals surface area contributed by atoms with Crippen LogP contribution in [-0.4, -0.2) is 23.9 Å². The highest BCUT2D eigenvalue weighted by atomic mass is 16.5. The number of hydrogen-bond donors (Lipinski definition) is 1. The van der Waals surface area contributed by atoms with Crippen LogP contribution in [0.25, 0.3) is 0 Å². The van der Waals surface area contributed by atoms with E-state index in [9.17, 15) is 9.59 Å². The number of benzene rings is 1. The Morgan fingerprint density at radius 2 is 1.71 bits per heavy atom. The van der Waals surface area contributed by atoms with Gasteiger partial charge in [-0.15, -0.1) is 0 Å². The summed E-state index contributed by atoms with van der Waals surface area (Å²) in [6, 6.07) is 5.25. The number of carbonyl (C=O) groups is 2. The average molecular weight is 293 g/mol. The number of nitrogens with one attached hydrogen (secondary N) is 1. The minimum absolute atomic E-state index is 0.0228. The van der Waals surface area contributed by atoms with Gasteiger partial charge in [0, 0.05) is 6.07 Å². The second-order valence-electron chi connectivity index (χ2n) is 5.42. The quantitative estimate of drug-likeness (QED) is 0.784. The van der Waals surface area contributed by atoms with E-state index >= 15 is 0 Å². The predicted octanol–water partition coefficient (Wildman–Crippen LogP) is 3.18. The lowest BCUT2D eigenvalue weighted by Gasteiger charge is -2.17. The Balaban J connectivity index is 2.98. The molecule has 0 atom stereocenters. The van der Waals surface area contributed by atoms with E-state index in [1.807, 2.05) is 27.7 Å². The molecule has 0 bridgehead atoms. The molecule has 0 spiro atoms. The first-order valence-electron chi connectivity index (χ1n) is 7.04. The minimum atomic E-state index is -0.363. The van der Waals surface area contributed by atoms with Gasteiger partial charge in [0.1, 0.15) is 17.3 Å². The highest BCUT2D eigenvalue weighted by Crippen LogP contribution is 2.30. The molecule has 0 heterocycles. The molecular weight excluding hydrogens is 270 g/mol. The Kier molecular flexibility index (Phi) is 6.21. The number of amides is 1. The third-order valence-electron chi connectivity index (χ3n) is 2.37. The Morgan fingerprint density at radius 3 is 2.24 bits per heavy atom. The van der Waals surface area contributed by atoms with Crippen LogP contribution in [0.15, 0.2) is 18.2 Å².